The van der Waals surface area contributed by atoms with Gasteiger partial charge in [-0.2, -0.15) is 4.39 Å². The van der Waals surface area contributed by atoms with Crippen LogP contribution in [0.3, 0.4) is 0 Å². The van der Waals surface area contributed by atoms with Gasteiger partial charge in [0.2, 0.25) is 11.9 Å². The normalized spacial score (nSPS) is 9.21. The van der Waals surface area contributed by atoms with Crippen LogP contribution in [0, 0.1) is 18.3 Å². The zero-order valence-corrected chi connectivity index (χ0v) is 7.70. The number of terminal acetylenes is 1. The maximum atomic E-state index is 12.5. The molecule has 0 aliphatic carbocycles. The standard InChI is InChI=1S/C10H9FN2O/c1-3-4-10(14)13(2)8-5-6-9(11)12-7-8/h1,5-7H,4H2,2H3. The highest BCUT2D eigenvalue weighted by Gasteiger charge is 2.09. The van der Waals surface area contributed by atoms with Gasteiger partial charge in [0.15, 0.2) is 0 Å². The Hall–Kier alpha value is -1.89. The molecule has 0 N–H and O–H groups in total. The van der Waals surface area contributed by atoms with Gasteiger partial charge in [-0.15, -0.1) is 6.42 Å². The van der Waals surface area contributed by atoms with E-state index in [0.717, 1.165) is 0 Å². The number of anilines is 1. The van der Waals surface area contributed by atoms with E-state index >= 15 is 0 Å². The summed E-state index contributed by atoms with van der Waals surface area (Å²) < 4.78 is 12.5. The van der Waals surface area contributed by atoms with E-state index < -0.39 is 5.95 Å². The van der Waals surface area contributed by atoms with Crippen LogP contribution in [0.15, 0.2) is 18.3 Å². The van der Waals surface area contributed by atoms with Crippen molar-refractivity contribution < 1.29 is 9.18 Å². The fraction of sp³-hybridized carbons (Fsp3) is 0.200. The van der Waals surface area contributed by atoms with Crippen molar-refractivity contribution in [2.45, 2.75) is 6.42 Å². The number of amides is 1. The molecule has 1 heterocycles. The summed E-state index contributed by atoms with van der Waals surface area (Å²) in [5, 5.41) is 0. The quantitative estimate of drug-likeness (QED) is 0.521. The molecule has 0 aromatic carbocycles. The highest BCUT2D eigenvalue weighted by atomic mass is 19.1. The van der Waals surface area contributed by atoms with Crippen molar-refractivity contribution in [3.63, 3.8) is 0 Å². The highest BCUT2D eigenvalue weighted by Crippen LogP contribution is 2.11. The largest absolute Gasteiger partial charge is 0.313 e. The predicted octanol–water partition coefficient (Wildman–Crippen LogP) is 1.21. The maximum Gasteiger partial charge on any atom is 0.238 e. The van der Waals surface area contributed by atoms with Crippen molar-refractivity contribution in [1.29, 1.82) is 0 Å². The van der Waals surface area contributed by atoms with Gasteiger partial charge in [0.1, 0.15) is 0 Å². The van der Waals surface area contributed by atoms with Crippen molar-refractivity contribution in [3.8, 4) is 12.3 Å². The lowest BCUT2D eigenvalue weighted by Gasteiger charge is -2.14. The third-order valence-corrected chi connectivity index (χ3v) is 1.73. The molecular weight excluding hydrogens is 183 g/mol. The molecule has 1 amide bonds. The van der Waals surface area contributed by atoms with Gasteiger partial charge in [-0.3, -0.25) is 4.79 Å². The number of pyridine rings is 1. The molecule has 0 saturated heterocycles. The number of carbonyl (C=O) groups excluding carboxylic acids is 1. The van der Waals surface area contributed by atoms with Crippen LogP contribution in [0.2, 0.25) is 0 Å². The predicted molar refractivity (Wildman–Crippen MR) is 51.1 cm³/mol. The van der Waals surface area contributed by atoms with Crippen molar-refractivity contribution >= 4 is 11.6 Å². The summed E-state index contributed by atoms with van der Waals surface area (Å²) in [7, 11) is 1.56. The van der Waals surface area contributed by atoms with Crippen LogP contribution in [-0.4, -0.2) is 17.9 Å². The fourth-order valence-electron chi connectivity index (χ4n) is 0.916. The zero-order chi connectivity index (χ0) is 10.6. The highest BCUT2D eigenvalue weighted by molar-refractivity contribution is 5.93. The molecule has 0 aliphatic heterocycles. The summed E-state index contributed by atoms with van der Waals surface area (Å²) in [6.07, 6.45) is 6.30. The van der Waals surface area contributed by atoms with Gasteiger partial charge in [-0.05, 0) is 12.1 Å². The van der Waals surface area contributed by atoms with E-state index in [-0.39, 0.29) is 12.3 Å². The maximum absolute atomic E-state index is 12.5. The molecule has 3 nitrogen and oxygen atoms in total. The smallest absolute Gasteiger partial charge is 0.238 e. The molecule has 0 fully saturated rings. The van der Waals surface area contributed by atoms with E-state index in [4.69, 9.17) is 6.42 Å². The SMILES string of the molecule is C#CCC(=O)N(C)c1ccc(F)nc1. The number of halogens is 1. The molecule has 1 aromatic heterocycles. The van der Waals surface area contributed by atoms with Crippen LogP contribution in [0.4, 0.5) is 10.1 Å². The Morgan fingerprint density at radius 2 is 2.43 bits per heavy atom. The molecule has 0 atom stereocenters. The molecule has 4 heteroatoms. The van der Waals surface area contributed by atoms with E-state index in [1.54, 1.807) is 7.05 Å². The summed E-state index contributed by atoms with van der Waals surface area (Å²) >= 11 is 0. The van der Waals surface area contributed by atoms with E-state index in [2.05, 4.69) is 10.9 Å². The lowest BCUT2D eigenvalue weighted by atomic mass is 10.3. The number of nitrogens with zero attached hydrogens (tertiary/aromatic N) is 2. The molecule has 1 rings (SSSR count). The molecule has 0 spiro atoms. The zero-order valence-electron chi connectivity index (χ0n) is 7.70. The van der Waals surface area contributed by atoms with Gasteiger partial charge in [0.25, 0.3) is 0 Å². The van der Waals surface area contributed by atoms with Crippen LogP contribution < -0.4 is 4.90 Å². The molecule has 0 aliphatic rings. The number of rotatable bonds is 2. The number of carbonyl (C=O) groups is 1. The van der Waals surface area contributed by atoms with Crippen molar-refractivity contribution in [3.05, 3.63) is 24.3 Å². The fourth-order valence-corrected chi connectivity index (χ4v) is 0.916. The Balaban J connectivity index is 2.80. The molecule has 0 radical (unpaired) electrons. The number of aromatic nitrogens is 1. The minimum absolute atomic E-state index is 0.0217. The van der Waals surface area contributed by atoms with E-state index in [0.29, 0.717) is 5.69 Å². The van der Waals surface area contributed by atoms with Crippen LogP contribution in [0.25, 0.3) is 0 Å². The van der Waals surface area contributed by atoms with Crippen molar-refractivity contribution in [1.82, 2.24) is 4.98 Å². The van der Waals surface area contributed by atoms with E-state index in [9.17, 15) is 9.18 Å². The van der Waals surface area contributed by atoms with Crippen molar-refractivity contribution in [2.24, 2.45) is 0 Å². The van der Waals surface area contributed by atoms with Crippen LogP contribution >= 0.6 is 0 Å². The van der Waals surface area contributed by atoms with Crippen molar-refractivity contribution in [2.75, 3.05) is 11.9 Å². The average Bonchev–Trinajstić information content (AvgIpc) is 2.18. The minimum Gasteiger partial charge on any atom is -0.313 e. The first-order chi connectivity index (χ1) is 6.65. The van der Waals surface area contributed by atoms with Gasteiger partial charge in [-0.1, -0.05) is 5.92 Å². The first-order valence-electron chi connectivity index (χ1n) is 3.96. The molecular formula is C10H9FN2O. The van der Waals surface area contributed by atoms with Crippen LogP contribution in [0.1, 0.15) is 6.42 Å². The second-order valence-corrected chi connectivity index (χ2v) is 2.67. The molecule has 72 valence electrons. The molecule has 0 saturated carbocycles. The van der Waals surface area contributed by atoms with E-state index in [1.165, 1.54) is 23.2 Å². The summed E-state index contributed by atoms with van der Waals surface area (Å²) in [4.78, 5) is 16.1. The Labute approximate surface area is 81.6 Å². The molecule has 1 aromatic rings. The first kappa shape index (κ1) is 10.2. The summed E-state index contributed by atoms with van der Waals surface area (Å²) in [6, 6.07) is 2.66. The number of hydrogen-bond donors (Lipinski definition) is 0. The Morgan fingerprint density at radius 1 is 1.71 bits per heavy atom. The first-order valence-corrected chi connectivity index (χ1v) is 3.96. The van der Waals surface area contributed by atoms with Gasteiger partial charge in [-0.25, -0.2) is 4.98 Å². The average molecular weight is 192 g/mol. The summed E-state index contributed by atoms with van der Waals surface area (Å²) in [5.74, 6) is 1.45. The molecule has 0 bridgehead atoms. The minimum atomic E-state index is -0.577. The summed E-state index contributed by atoms with van der Waals surface area (Å²) in [5.41, 5.74) is 0.520. The molecule has 0 unspecified atom stereocenters. The second-order valence-electron chi connectivity index (χ2n) is 2.67. The van der Waals surface area contributed by atoms with E-state index in [1.807, 2.05) is 0 Å². The van der Waals surface area contributed by atoms with Crippen LogP contribution in [-0.2, 0) is 4.79 Å². The third kappa shape index (κ3) is 2.30. The van der Waals surface area contributed by atoms with Gasteiger partial charge < -0.3 is 4.90 Å². The Morgan fingerprint density at radius 3 is 2.93 bits per heavy atom. The lowest BCUT2D eigenvalue weighted by molar-refractivity contribution is -0.117. The lowest BCUT2D eigenvalue weighted by Crippen LogP contribution is -2.25. The Kier molecular flexibility index (Phi) is 3.19. The summed E-state index contributed by atoms with van der Waals surface area (Å²) in [6.45, 7) is 0. The monoisotopic (exact) mass is 192 g/mol. The van der Waals surface area contributed by atoms with Gasteiger partial charge in [0.05, 0.1) is 18.3 Å². The Bertz CT molecular complexity index is 367. The second kappa shape index (κ2) is 4.38. The number of hydrogen-bond acceptors (Lipinski definition) is 2. The van der Waals surface area contributed by atoms with Gasteiger partial charge >= 0.3 is 0 Å². The third-order valence-electron chi connectivity index (χ3n) is 1.73. The van der Waals surface area contributed by atoms with Crippen LogP contribution in [0.5, 0.6) is 0 Å². The molecule has 14 heavy (non-hydrogen) atoms. The topological polar surface area (TPSA) is 33.2 Å². The van der Waals surface area contributed by atoms with Gasteiger partial charge in [0, 0.05) is 7.05 Å².